The Bertz CT molecular complexity index is 276. The molecule has 0 spiro atoms. The molecule has 0 rings (SSSR count). The van der Waals surface area contributed by atoms with Gasteiger partial charge < -0.3 is 14.6 Å². The smallest absolute Gasteiger partial charge is 0.373 e. The van der Waals surface area contributed by atoms with Gasteiger partial charge in [0.25, 0.3) is 5.78 Å². The Morgan fingerprint density at radius 2 is 1.53 bits per heavy atom. The third kappa shape index (κ3) is 2.84. The van der Waals surface area contributed by atoms with E-state index in [9.17, 15) is 14.4 Å². The predicted molar refractivity (Wildman–Crippen MR) is 49.2 cm³/mol. The van der Waals surface area contributed by atoms with Crippen molar-refractivity contribution in [2.45, 2.75) is 20.1 Å². The highest BCUT2D eigenvalue weighted by Gasteiger charge is 2.43. The SMILES string of the molecule is COC(OC)C(=O)C(C)(C)C(=O)C(=O)O. The fourth-order valence-corrected chi connectivity index (χ4v) is 0.984. The lowest BCUT2D eigenvalue weighted by atomic mass is 9.83. The van der Waals surface area contributed by atoms with Gasteiger partial charge in [0, 0.05) is 14.2 Å². The van der Waals surface area contributed by atoms with Gasteiger partial charge in [0.15, 0.2) is 0 Å². The quantitative estimate of drug-likeness (QED) is 0.379. The van der Waals surface area contributed by atoms with Gasteiger partial charge in [-0.1, -0.05) is 0 Å². The van der Waals surface area contributed by atoms with E-state index in [-0.39, 0.29) is 0 Å². The minimum atomic E-state index is -1.66. The average molecular weight is 218 g/mol. The number of ketones is 2. The molecule has 6 heteroatoms. The second-order valence-electron chi connectivity index (χ2n) is 3.43. The number of hydrogen-bond donors (Lipinski definition) is 1. The van der Waals surface area contributed by atoms with E-state index in [0.717, 1.165) is 0 Å². The van der Waals surface area contributed by atoms with Crippen LogP contribution in [-0.4, -0.2) is 43.2 Å². The number of ether oxygens (including phenoxy) is 2. The van der Waals surface area contributed by atoms with Crippen molar-refractivity contribution < 1.29 is 29.0 Å². The van der Waals surface area contributed by atoms with Crippen molar-refractivity contribution in [2.24, 2.45) is 5.41 Å². The highest BCUT2D eigenvalue weighted by atomic mass is 16.7. The Morgan fingerprint density at radius 1 is 1.13 bits per heavy atom. The van der Waals surface area contributed by atoms with Crippen LogP contribution in [0.15, 0.2) is 0 Å². The van der Waals surface area contributed by atoms with E-state index < -0.39 is 29.2 Å². The standard InChI is InChI=1S/C9H14O6/c1-9(2,5(10)7(12)13)6(11)8(14-3)15-4/h8H,1-4H3,(H,12,13). The monoisotopic (exact) mass is 218 g/mol. The van der Waals surface area contributed by atoms with Gasteiger partial charge in [0.1, 0.15) is 0 Å². The van der Waals surface area contributed by atoms with Crippen LogP contribution in [0.25, 0.3) is 0 Å². The highest BCUT2D eigenvalue weighted by molar-refractivity contribution is 6.39. The summed E-state index contributed by atoms with van der Waals surface area (Å²) in [5.41, 5.74) is -1.66. The second kappa shape index (κ2) is 4.99. The van der Waals surface area contributed by atoms with Crippen molar-refractivity contribution in [3.8, 4) is 0 Å². The molecule has 15 heavy (non-hydrogen) atoms. The van der Waals surface area contributed by atoms with Crippen molar-refractivity contribution in [3.05, 3.63) is 0 Å². The Hall–Kier alpha value is -1.27. The molecule has 0 saturated carbocycles. The molecule has 0 aromatic carbocycles. The summed E-state index contributed by atoms with van der Waals surface area (Å²) in [7, 11) is 2.46. The summed E-state index contributed by atoms with van der Waals surface area (Å²) in [6.45, 7) is 2.44. The molecule has 1 N–H and O–H groups in total. The number of rotatable bonds is 6. The molecular weight excluding hydrogens is 204 g/mol. The van der Waals surface area contributed by atoms with Gasteiger partial charge >= 0.3 is 5.97 Å². The lowest BCUT2D eigenvalue weighted by molar-refractivity contribution is -0.171. The summed E-state index contributed by atoms with van der Waals surface area (Å²) in [6.07, 6.45) is -1.23. The topological polar surface area (TPSA) is 89.9 Å². The van der Waals surface area contributed by atoms with Crippen molar-refractivity contribution in [1.29, 1.82) is 0 Å². The fourth-order valence-electron chi connectivity index (χ4n) is 0.984. The number of hydrogen-bond acceptors (Lipinski definition) is 5. The number of aliphatic carboxylic acids is 1. The highest BCUT2D eigenvalue weighted by Crippen LogP contribution is 2.21. The van der Waals surface area contributed by atoms with Gasteiger partial charge in [-0.15, -0.1) is 0 Å². The van der Waals surface area contributed by atoms with Crippen molar-refractivity contribution in [1.82, 2.24) is 0 Å². The number of carbonyl (C=O) groups excluding carboxylic acids is 2. The van der Waals surface area contributed by atoms with Crippen LogP contribution in [0, 0.1) is 5.41 Å². The summed E-state index contributed by atoms with van der Waals surface area (Å²) >= 11 is 0. The Kier molecular flexibility index (Phi) is 4.57. The average Bonchev–Trinajstić information content (AvgIpc) is 2.18. The van der Waals surface area contributed by atoms with Gasteiger partial charge in [-0.25, -0.2) is 4.79 Å². The Labute approximate surface area is 87.2 Å². The summed E-state index contributed by atoms with van der Waals surface area (Å²) in [5, 5.41) is 8.51. The number of methoxy groups -OCH3 is 2. The first-order chi connectivity index (χ1) is 6.78. The second-order valence-corrected chi connectivity index (χ2v) is 3.43. The first kappa shape index (κ1) is 13.7. The minimum absolute atomic E-state index is 0.722. The number of carboxylic acid groups (broad SMARTS) is 1. The molecule has 0 atom stereocenters. The first-order valence-corrected chi connectivity index (χ1v) is 4.16. The first-order valence-electron chi connectivity index (χ1n) is 4.16. The molecule has 6 nitrogen and oxygen atoms in total. The van der Waals surface area contributed by atoms with Crippen LogP contribution in [0.3, 0.4) is 0 Å². The van der Waals surface area contributed by atoms with Crippen LogP contribution in [0.4, 0.5) is 0 Å². The molecule has 0 fully saturated rings. The van der Waals surface area contributed by atoms with Crippen LogP contribution < -0.4 is 0 Å². The zero-order valence-electron chi connectivity index (χ0n) is 9.07. The van der Waals surface area contributed by atoms with Crippen molar-refractivity contribution >= 4 is 17.5 Å². The maximum atomic E-state index is 11.6. The maximum Gasteiger partial charge on any atom is 0.373 e. The lowest BCUT2D eigenvalue weighted by Gasteiger charge is -2.23. The number of carbonyl (C=O) groups is 3. The van der Waals surface area contributed by atoms with Gasteiger partial charge in [-0.3, -0.25) is 9.59 Å². The van der Waals surface area contributed by atoms with Crippen molar-refractivity contribution in [2.75, 3.05) is 14.2 Å². The summed E-state index contributed by atoms with van der Waals surface area (Å²) in [6, 6.07) is 0. The van der Waals surface area contributed by atoms with E-state index in [4.69, 9.17) is 5.11 Å². The molecule has 0 aliphatic heterocycles. The van der Waals surface area contributed by atoms with E-state index in [1.807, 2.05) is 0 Å². The van der Waals surface area contributed by atoms with Crippen molar-refractivity contribution in [3.63, 3.8) is 0 Å². The van der Waals surface area contributed by atoms with Crippen LogP contribution in [0.1, 0.15) is 13.8 Å². The molecule has 0 amide bonds. The molecule has 0 saturated heterocycles. The number of carboxylic acids is 1. The Balaban J connectivity index is 4.94. The summed E-state index contributed by atoms with van der Waals surface area (Å²) in [5.74, 6) is -3.56. The largest absolute Gasteiger partial charge is 0.475 e. The maximum absolute atomic E-state index is 11.6. The van der Waals surface area contributed by atoms with Gasteiger partial charge in [0.05, 0.1) is 5.41 Å². The molecule has 0 aliphatic carbocycles. The van der Waals surface area contributed by atoms with Crippen LogP contribution in [-0.2, 0) is 23.9 Å². The van der Waals surface area contributed by atoms with Gasteiger partial charge in [0.2, 0.25) is 12.1 Å². The third-order valence-electron chi connectivity index (χ3n) is 2.02. The molecule has 0 heterocycles. The Morgan fingerprint density at radius 3 is 1.80 bits per heavy atom. The molecule has 0 aromatic heterocycles. The summed E-state index contributed by atoms with van der Waals surface area (Å²) < 4.78 is 9.32. The van der Waals surface area contributed by atoms with Crippen LogP contribution in [0.2, 0.25) is 0 Å². The van der Waals surface area contributed by atoms with E-state index in [1.54, 1.807) is 0 Å². The fraction of sp³-hybridized carbons (Fsp3) is 0.667. The van der Waals surface area contributed by atoms with Gasteiger partial charge in [-0.05, 0) is 13.8 Å². The number of Topliss-reactive ketones (excluding diaryl/α,β-unsaturated/α-hetero) is 2. The molecule has 0 aliphatic rings. The minimum Gasteiger partial charge on any atom is -0.475 e. The molecular formula is C9H14O6. The third-order valence-corrected chi connectivity index (χ3v) is 2.02. The van der Waals surface area contributed by atoms with Crippen LogP contribution >= 0.6 is 0 Å². The molecule has 86 valence electrons. The lowest BCUT2D eigenvalue weighted by Crippen LogP contribution is -2.45. The van der Waals surface area contributed by atoms with E-state index in [1.165, 1.54) is 28.1 Å². The van der Waals surface area contributed by atoms with E-state index in [2.05, 4.69) is 9.47 Å². The van der Waals surface area contributed by atoms with Crippen LogP contribution in [0.5, 0.6) is 0 Å². The summed E-state index contributed by atoms with van der Waals surface area (Å²) in [4.78, 5) is 33.3. The van der Waals surface area contributed by atoms with E-state index >= 15 is 0 Å². The van der Waals surface area contributed by atoms with E-state index in [0.29, 0.717) is 0 Å². The predicted octanol–water partition coefficient (Wildman–Crippen LogP) is -0.146. The molecule has 0 unspecified atom stereocenters. The molecule has 0 aromatic rings. The zero-order valence-corrected chi connectivity index (χ0v) is 9.07. The van der Waals surface area contributed by atoms with Gasteiger partial charge in [-0.2, -0.15) is 0 Å². The zero-order chi connectivity index (χ0) is 12.2. The normalized spacial score (nSPS) is 11.5. The molecule has 0 radical (unpaired) electrons. The molecule has 0 bridgehead atoms.